The maximum atomic E-state index is 12.7. The number of carbonyl (C=O) groups is 1. The number of hydrogen-bond donors (Lipinski definition) is 1. The van der Waals surface area contributed by atoms with Crippen molar-refractivity contribution < 1.29 is 9.53 Å². The van der Waals surface area contributed by atoms with Gasteiger partial charge in [-0.1, -0.05) is 23.9 Å². The summed E-state index contributed by atoms with van der Waals surface area (Å²) in [7, 11) is 1.55. The molecule has 8 heteroatoms. The average Bonchev–Trinajstić information content (AvgIpc) is 2.77. The number of anilines is 1. The van der Waals surface area contributed by atoms with Gasteiger partial charge in [-0.15, -0.1) is 0 Å². The lowest BCUT2D eigenvalue weighted by atomic mass is 9.97. The molecule has 0 aliphatic heterocycles. The maximum Gasteiger partial charge on any atom is 0.174 e. The van der Waals surface area contributed by atoms with Crippen LogP contribution in [-0.2, 0) is 0 Å². The van der Waals surface area contributed by atoms with Crippen LogP contribution in [0.4, 0.5) is 5.82 Å². The molecule has 0 bridgehead atoms. The van der Waals surface area contributed by atoms with Crippen LogP contribution in [-0.4, -0.2) is 28.6 Å². The quantitative estimate of drug-likeness (QED) is 0.459. The van der Waals surface area contributed by atoms with Gasteiger partial charge in [-0.25, -0.2) is 4.98 Å². The van der Waals surface area contributed by atoms with Gasteiger partial charge in [0.25, 0.3) is 0 Å². The minimum absolute atomic E-state index is 0.00968. The predicted molar refractivity (Wildman–Crippen MR) is 119 cm³/mol. The molecule has 0 aliphatic carbocycles. The number of hydrogen-bond acceptors (Lipinski definition) is 8. The van der Waals surface area contributed by atoms with Crippen LogP contribution < -0.4 is 10.5 Å². The average molecular weight is 430 g/mol. The van der Waals surface area contributed by atoms with Crippen LogP contribution in [0, 0.1) is 36.5 Å². The Balaban J connectivity index is 2.01. The van der Waals surface area contributed by atoms with Crippen molar-refractivity contribution >= 4 is 23.4 Å². The molecular formula is C23H19N5O2S. The molecule has 154 valence electrons. The maximum absolute atomic E-state index is 12.7. The second kappa shape index (κ2) is 9.29. The van der Waals surface area contributed by atoms with Gasteiger partial charge in [0.2, 0.25) is 0 Å². The zero-order valence-corrected chi connectivity index (χ0v) is 18.1. The number of benzene rings is 1. The molecule has 0 unspecified atom stereocenters. The van der Waals surface area contributed by atoms with Crippen LogP contribution in [0.3, 0.4) is 0 Å². The highest BCUT2D eigenvalue weighted by molar-refractivity contribution is 8.00. The van der Waals surface area contributed by atoms with Gasteiger partial charge >= 0.3 is 0 Å². The van der Waals surface area contributed by atoms with Gasteiger partial charge in [0, 0.05) is 22.5 Å². The summed E-state index contributed by atoms with van der Waals surface area (Å²) >= 11 is 1.11. The van der Waals surface area contributed by atoms with E-state index in [1.54, 1.807) is 50.4 Å². The smallest absolute Gasteiger partial charge is 0.174 e. The molecule has 7 nitrogen and oxygen atoms in total. The third kappa shape index (κ3) is 4.50. The molecular weight excluding hydrogens is 410 g/mol. The second-order valence-electron chi connectivity index (χ2n) is 6.68. The molecule has 0 amide bonds. The molecule has 0 radical (unpaired) electrons. The Bertz CT molecular complexity index is 1240. The monoisotopic (exact) mass is 429 g/mol. The molecule has 2 heterocycles. The predicted octanol–water partition coefficient (Wildman–Crippen LogP) is 4.07. The van der Waals surface area contributed by atoms with Crippen molar-refractivity contribution in [1.29, 1.82) is 10.5 Å². The fourth-order valence-corrected chi connectivity index (χ4v) is 4.02. The summed E-state index contributed by atoms with van der Waals surface area (Å²) in [5.74, 6) is 0.579. The summed E-state index contributed by atoms with van der Waals surface area (Å²) in [5, 5.41) is 19.8. The molecule has 1 aromatic carbocycles. The summed E-state index contributed by atoms with van der Waals surface area (Å²) in [6.07, 6.45) is 0. The number of methoxy groups -OCH3 is 1. The number of aromatic nitrogens is 2. The van der Waals surface area contributed by atoms with E-state index in [1.165, 1.54) is 0 Å². The number of thioether (sulfide) groups is 1. The standard InChI is InChI=1S/C23H19N5O2S/c1-13-4-9-17(14(2)27-13)20(29)12-31-23-19(11-25)21(18(10-24)22(26)28-23)15-5-7-16(30-3)8-6-15/h4-9H,12H2,1-3H3,(H2,26,28). The summed E-state index contributed by atoms with van der Waals surface area (Å²) < 4.78 is 5.18. The number of nitrogens with two attached hydrogens (primary N) is 1. The molecule has 2 N–H and O–H groups in total. The van der Waals surface area contributed by atoms with Crippen LogP contribution in [0.25, 0.3) is 11.1 Å². The van der Waals surface area contributed by atoms with Gasteiger partial charge in [-0.3, -0.25) is 9.78 Å². The lowest BCUT2D eigenvalue weighted by Crippen LogP contribution is -2.08. The molecule has 0 saturated heterocycles. The molecule has 0 aliphatic rings. The Kier molecular flexibility index (Phi) is 6.54. The molecule has 3 rings (SSSR count). The molecule has 31 heavy (non-hydrogen) atoms. The largest absolute Gasteiger partial charge is 0.497 e. The number of pyridine rings is 2. The summed E-state index contributed by atoms with van der Waals surface area (Å²) in [4.78, 5) is 21.3. The highest BCUT2D eigenvalue weighted by Gasteiger charge is 2.21. The Morgan fingerprint density at radius 3 is 2.32 bits per heavy atom. The van der Waals surface area contributed by atoms with E-state index in [4.69, 9.17) is 10.5 Å². The van der Waals surface area contributed by atoms with Gasteiger partial charge in [0.05, 0.1) is 18.4 Å². The minimum Gasteiger partial charge on any atom is -0.497 e. The third-order valence-corrected chi connectivity index (χ3v) is 5.64. The summed E-state index contributed by atoms with van der Waals surface area (Å²) in [6, 6.07) is 14.7. The molecule has 3 aromatic rings. The van der Waals surface area contributed by atoms with Gasteiger partial charge in [0.15, 0.2) is 5.78 Å². The van der Waals surface area contributed by atoms with E-state index >= 15 is 0 Å². The van der Waals surface area contributed by atoms with Crippen LogP contribution in [0.15, 0.2) is 41.4 Å². The first-order valence-corrected chi connectivity index (χ1v) is 10.3. The van der Waals surface area contributed by atoms with E-state index < -0.39 is 0 Å². The number of ketones is 1. The fraction of sp³-hybridized carbons (Fsp3) is 0.174. The van der Waals surface area contributed by atoms with Crippen molar-refractivity contribution in [1.82, 2.24) is 9.97 Å². The second-order valence-corrected chi connectivity index (χ2v) is 7.64. The number of Topliss-reactive ketones (excluding diaryl/α,β-unsaturated/α-hetero) is 1. The Morgan fingerprint density at radius 2 is 1.74 bits per heavy atom. The van der Waals surface area contributed by atoms with E-state index in [0.29, 0.717) is 33.2 Å². The molecule has 2 aromatic heterocycles. The first kappa shape index (κ1) is 21.8. The van der Waals surface area contributed by atoms with E-state index in [1.807, 2.05) is 13.0 Å². The van der Waals surface area contributed by atoms with Crippen LogP contribution >= 0.6 is 11.8 Å². The zero-order valence-electron chi connectivity index (χ0n) is 17.3. The van der Waals surface area contributed by atoms with Crippen molar-refractivity contribution in [3.8, 4) is 29.0 Å². The van der Waals surface area contributed by atoms with Crippen LogP contribution in [0.5, 0.6) is 5.75 Å². The minimum atomic E-state index is -0.130. The normalized spacial score (nSPS) is 10.2. The van der Waals surface area contributed by atoms with Gasteiger partial charge in [0.1, 0.15) is 34.3 Å². The number of ether oxygens (including phenoxy) is 1. The van der Waals surface area contributed by atoms with Crippen LogP contribution in [0.1, 0.15) is 32.9 Å². The topological polar surface area (TPSA) is 126 Å². The summed E-state index contributed by atoms with van der Waals surface area (Å²) in [5.41, 5.74) is 9.39. The van der Waals surface area contributed by atoms with Crippen molar-refractivity contribution in [3.63, 3.8) is 0 Å². The van der Waals surface area contributed by atoms with Crippen molar-refractivity contribution in [2.24, 2.45) is 0 Å². The number of aryl methyl sites for hydroxylation is 2. The van der Waals surface area contributed by atoms with E-state index in [-0.39, 0.29) is 28.5 Å². The molecule has 0 saturated carbocycles. The van der Waals surface area contributed by atoms with E-state index in [0.717, 1.165) is 17.5 Å². The molecule has 0 spiro atoms. The zero-order chi connectivity index (χ0) is 22.5. The highest BCUT2D eigenvalue weighted by atomic mass is 32.2. The van der Waals surface area contributed by atoms with Gasteiger partial charge in [-0.05, 0) is 43.7 Å². The lowest BCUT2D eigenvalue weighted by Gasteiger charge is -2.13. The summed E-state index contributed by atoms with van der Waals surface area (Å²) in [6.45, 7) is 3.64. The van der Waals surface area contributed by atoms with E-state index in [9.17, 15) is 15.3 Å². The van der Waals surface area contributed by atoms with Crippen molar-refractivity contribution in [3.05, 3.63) is 64.5 Å². The van der Waals surface area contributed by atoms with Crippen molar-refractivity contribution in [2.75, 3.05) is 18.6 Å². The number of rotatable bonds is 6. The Morgan fingerprint density at radius 1 is 1.06 bits per heavy atom. The molecule has 0 fully saturated rings. The number of carbonyl (C=O) groups excluding carboxylic acids is 1. The molecule has 0 atom stereocenters. The number of nitrogens with zero attached hydrogens (tertiary/aromatic N) is 4. The number of nitriles is 2. The van der Waals surface area contributed by atoms with Crippen LogP contribution in [0.2, 0.25) is 0 Å². The first-order chi connectivity index (χ1) is 14.9. The SMILES string of the molecule is COc1ccc(-c2c(C#N)c(N)nc(SCC(=O)c3ccc(C)nc3C)c2C#N)cc1. The lowest BCUT2D eigenvalue weighted by molar-refractivity contribution is 0.102. The van der Waals surface area contributed by atoms with E-state index in [2.05, 4.69) is 16.0 Å². The third-order valence-electron chi connectivity index (χ3n) is 4.66. The fourth-order valence-electron chi connectivity index (χ4n) is 3.14. The highest BCUT2D eigenvalue weighted by Crippen LogP contribution is 2.36. The Hall–Kier alpha value is -3.88. The number of nitrogen functional groups attached to an aromatic ring is 1. The Labute approximate surface area is 184 Å². The van der Waals surface area contributed by atoms with Gasteiger partial charge in [-0.2, -0.15) is 10.5 Å². The van der Waals surface area contributed by atoms with Crippen molar-refractivity contribution in [2.45, 2.75) is 18.9 Å². The van der Waals surface area contributed by atoms with Gasteiger partial charge < -0.3 is 10.5 Å². The first-order valence-electron chi connectivity index (χ1n) is 9.28.